The van der Waals surface area contributed by atoms with Gasteiger partial charge in [-0.2, -0.15) is 26.3 Å². The quantitative estimate of drug-likeness (QED) is 0.397. The van der Waals surface area contributed by atoms with Gasteiger partial charge in [-0.3, -0.25) is 4.79 Å². The second-order valence-electron chi connectivity index (χ2n) is 10.3. The van der Waals surface area contributed by atoms with Gasteiger partial charge in [0.25, 0.3) is 0 Å². The van der Waals surface area contributed by atoms with Crippen molar-refractivity contribution in [3.63, 3.8) is 0 Å². The number of alkyl halides is 6. The minimum atomic E-state index is -4.88. The van der Waals surface area contributed by atoms with Gasteiger partial charge in [-0.1, -0.05) is 18.6 Å². The van der Waals surface area contributed by atoms with E-state index in [4.69, 9.17) is 16.6 Å². The first-order chi connectivity index (χ1) is 17.3. The van der Waals surface area contributed by atoms with Crippen molar-refractivity contribution < 1.29 is 40.6 Å². The topological polar surface area (TPSA) is 101 Å². The smallest absolute Gasteiger partial charge is 0.389 e. The minimum Gasteiger partial charge on any atom is -0.389 e. The fraction of sp³-hybridized carbons (Fsp3) is 0.500. The maximum absolute atomic E-state index is 13.1. The number of nitrogens with one attached hydrogen (secondary N) is 1. The van der Waals surface area contributed by atoms with Crippen molar-refractivity contribution in [3.05, 3.63) is 70.5 Å². The number of hydrogen-bond donors (Lipinski definition) is 4. The van der Waals surface area contributed by atoms with Crippen molar-refractivity contribution in [2.45, 2.75) is 81.0 Å². The van der Waals surface area contributed by atoms with E-state index in [0.29, 0.717) is 18.6 Å². The number of amides is 1. The van der Waals surface area contributed by atoms with Crippen molar-refractivity contribution in [2.75, 3.05) is 0 Å². The summed E-state index contributed by atoms with van der Waals surface area (Å²) in [4.78, 5) is 12.0. The molecule has 210 valence electrons. The molecule has 0 aromatic heterocycles. The highest BCUT2D eigenvalue weighted by molar-refractivity contribution is 5.88. The van der Waals surface area contributed by atoms with Crippen molar-refractivity contribution >= 4 is 5.91 Å². The van der Waals surface area contributed by atoms with Crippen LogP contribution in [0.25, 0.3) is 0 Å². The Morgan fingerprint density at radius 1 is 1.00 bits per heavy atom. The molecule has 1 heterocycles. The molecule has 2 aromatic carbocycles. The Hall–Kier alpha value is -2.70. The number of aliphatic hydroxyl groups is 1. The summed E-state index contributed by atoms with van der Waals surface area (Å²) in [6.07, 6.45) is -7.83. The first-order valence-corrected chi connectivity index (χ1v) is 12.0. The van der Waals surface area contributed by atoms with Crippen LogP contribution in [-0.2, 0) is 17.1 Å². The molecule has 2 aliphatic rings. The standard InChI is InChI=1S/C16H22FN3O.C10H8F6O/c1-15(18)9-13(20-14(15)21)16(19)8-2-3-12(16)10-4-6-11(17)7-5-10;1-5(17)6-2-7(9(11,12)13)4-8(3-6)10(14,15)16/h4-7,12-13H,2-3,8-9,18-19H2,1H3,(H,20,21);2-5,17H,1H3/t12?,13?,15-,16?;/m1./s1. The van der Waals surface area contributed by atoms with E-state index < -0.39 is 46.2 Å². The molecule has 6 N–H and O–H groups in total. The van der Waals surface area contributed by atoms with Crippen LogP contribution < -0.4 is 16.8 Å². The maximum Gasteiger partial charge on any atom is 0.416 e. The highest BCUT2D eigenvalue weighted by Crippen LogP contribution is 2.46. The molecule has 5 atom stereocenters. The van der Waals surface area contributed by atoms with E-state index in [2.05, 4.69) is 5.32 Å². The summed E-state index contributed by atoms with van der Waals surface area (Å²) < 4.78 is 87.2. The number of carbonyl (C=O) groups excluding carboxylic acids is 1. The fourth-order valence-electron chi connectivity index (χ4n) is 5.08. The van der Waals surface area contributed by atoms with Gasteiger partial charge >= 0.3 is 12.4 Å². The summed E-state index contributed by atoms with van der Waals surface area (Å²) in [7, 11) is 0. The lowest BCUT2D eigenvalue weighted by molar-refractivity contribution is -0.143. The third-order valence-corrected chi connectivity index (χ3v) is 7.22. The van der Waals surface area contributed by atoms with Gasteiger partial charge in [0.1, 0.15) is 5.82 Å². The number of carbonyl (C=O) groups is 1. The summed E-state index contributed by atoms with van der Waals surface area (Å²) in [5, 5.41) is 12.0. The van der Waals surface area contributed by atoms with Gasteiger partial charge in [0, 0.05) is 17.5 Å². The highest BCUT2D eigenvalue weighted by Gasteiger charge is 2.53. The van der Waals surface area contributed by atoms with Gasteiger partial charge in [-0.25, -0.2) is 4.39 Å². The molecule has 1 aliphatic carbocycles. The van der Waals surface area contributed by atoms with Gasteiger partial charge < -0.3 is 21.9 Å². The zero-order chi connectivity index (χ0) is 28.7. The van der Waals surface area contributed by atoms with E-state index in [1.807, 2.05) is 0 Å². The van der Waals surface area contributed by atoms with Gasteiger partial charge in [-0.15, -0.1) is 0 Å². The van der Waals surface area contributed by atoms with Gasteiger partial charge in [0.15, 0.2) is 0 Å². The summed E-state index contributed by atoms with van der Waals surface area (Å²) >= 11 is 0. The van der Waals surface area contributed by atoms with E-state index in [0.717, 1.165) is 31.7 Å². The second kappa shape index (κ2) is 10.5. The van der Waals surface area contributed by atoms with E-state index in [9.17, 15) is 35.5 Å². The Labute approximate surface area is 215 Å². The number of rotatable bonds is 3. The number of benzene rings is 2. The monoisotopic (exact) mass is 549 g/mol. The van der Waals surface area contributed by atoms with E-state index in [1.54, 1.807) is 19.1 Å². The summed E-state index contributed by atoms with van der Waals surface area (Å²) in [6, 6.07) is 7.42. The van der Waals surface area contributed by atoms with E-state index >= 15 is 0 Å². The summed E-state index contributed by atoms with van der Waals surface area (Å²) in [5.41, 5.74) is 9.12. The lowest BCUT2D eigenvalue weighted by atomic mass is 9.75. The number of halogens is 7. The normalized spacial score (nSPS) is 28.5. The molecule has 4 rings (SSSR count). The Morgan fingerprint density at radius 2 is 1.53 bits per heavy atom. The molecule has 1 aliphatic heterocycles. The molecule has 0 radical (unpaired) electrons. The highest BCUT2D eigenvalue weighted by atomic mass is 19.4. The number of hydrogen-bond acceptors (Lipinski definition) is 4. The molecular weight excluding hydrogens is 519 g/mol. The summed E-state index contributed by atoms with van der Waals surface area (Å²) in [5.74, 6) is -0.262. The van der Waals surface area contributed by atoms with Crippen LogP contribution in [0.2, 0.25) is 0 Å². The molecule has 0 spiro atoms. The minimum absolute atomic E-state index is 0.0197. The first-order valence-electron chi connectivity index (χ1n) is 12.0. The molecule has 0 bridgehead atoms. The van der Waals surface area contributed by atoms with E-state index in [-0.39, 0.29) is 29.8 Å². The molecule has 1 amide bonds. The predicted molar refractivity (Wildman–Crippen MR) is 126 cm³/mol. The van der Waals surface area contributed by atoms with Gasteiger partial charge in [0.05, 0.1) is 22.8 Å². The van der Waals surface area contributed by atoms with Crippen molar-refractivity contribution in [1.82, 2.24) is 5.32 Å². The molecule has 38 heavy (non-hydrogen) atoms. The molecule has 1 saturated heterocycles. The SMILES string of the molecule is CC(O)c1cc(C(F)(F)F)cc(C(F)(F)F)c1.C[C@@]1(N)CC(C2(N)CCCC2c2ccc(F)cc2)NC1=O. The van der Waals surface area contributed by atoms with E-state index in [1.165, 1.54) is 12.1 Å². The van der Waals surface area contributed by atoms with Crippen LogP contribution in [0.4, 0.5) is 30.7 Å². The molecule has 12 heteroatoms. The van der Waals surface area contributed by atoms with Crippen LogP contribution >= 0.6 is 0 Å². The Balaban J connectivity index is 0.000000216. The molecule has 2 aromatic rings. The zero-order valence-corrected chi connectivity index (χ0v) is 20.8. The Morgan fingerprint density at radius 3 is 1.95 bits per heavy atom. The predicted octanol–water partition coefficient (Wildman–Crippen LogP) is 5.17. The third-order valence-electron chi connectivity index (χ3n) is 7.22. The van der Waals surface area contributed by atoms with Crippen LogP contribution in [0.3, 0.4) is 0 Å². The second-order valence-corrected chi connectivity index (χ2v) is 10.3. The fourth-order valence-corrected chi connectivity index (χ4v) is 5.08. The number of aliphatic hydroxyl groups excluding tert-OH is 1. The Kier molecular flexibility index (Phi) is 8.22. The number of nitrogens with two attached hydrogens (primary N) is 2. The average molecular weight is 550 g/mol. The van der Waals surface area contributed by atoms with Crippen molar-refractivity contribution in [3.8, 4) is 0 Å². The summed E-state index contributed by atoms with van der Waals surface area (Å²) in [6.45, 7) is 2.84. The third kappa shape index (κ3) is 6.47. The lowest BCUT2D eigenvalue weighted by Crippen LogP contribution is -2.57. The van der Waals surface area contributed by atoms with Crippen LogP contribution in [-0.4, -0.2) is 28.1 Å². The first kappa shape index (κ1) is 29.9. The average Bonchev–Trinajstić information content (AvgIpc) is 3.33. The van der Waals surface area contributed by atoms with Crippen LogP contribution in [0.5, 0.6) is 0 Å². The zero-order valence-electron chi connectivity index (χ0n) is 20.8. The van der Waals surface area contributed by atoms with Gasteiger partial charge in [-0.05, 0) is 74.6 Å². The van der Waals surface area contributed by atoms with Crippen molar-refractivity contribution in [1.29, 1.82) is 0 Å². The molecular formula is C26H30F7N3O2. The largest absolute Gasteiger partial charge is 0.416 e. The van der Waals surface area contributed by atoms with Crippen molar-refractivity contribution in [2.24, 2.45) is 11.5 Å². The lowest BCUT2D eigenvalue weighted by Gasteiger charge is -2.37. The van der Waals surface area contributed by atoms with Crippen LogP contribution in [0.15, 0.2) is 42.5 Å². The van der Waals surface area contributed by atoms with Gasteiger partial charge in [0.2, 0.25) is 5.91 Å². The Bertz CT molecular complexity index is 1110. The van der Waals surface area contributed by atoms with Crippen LogP contribution in [0, 0.1) is 5.82 Å². The molecule has 5 nitrogen and oxygen atoms in total. The molecule has 4 unspecified atom stereocenters. The maximum atomic E-state index is 13.1. The molecule has 1 saturated carbocycles. The molecule has 2 fully saturated rings. The van der Waals surface area contributed by atoms with Crippen LogP contribution in [0.1, 0.15) is 73.8 Å².